The molecule has 1 heterocycles. The van der Waals surface area contributed by atoms with Crippen molar-refractivity contribution < 1.29 is 4.74 Å². The normalized spacial score (nSPS) is 14.0. The fourth-order valence-corrected chi connectivity index (χ4v) is 2.46. The summed E-state index contributed by atoms with van der Waals surface area (Å²) in [5, 5.41) is 11.3. The van der Waals surface area contributed by atoms with Crippen LogP contribution in [-0.4, -0.2) is 17.8 Å². The zero-order valence-electron chi connectivity index (χ0n) is 12.4. The summed E-state index contributed by atoms with van der Waals surface area (Å²) < 4.78 is 5.89. The Hall–Kier alpha value is -2.11. The largest absolute Gasteiger partial charge is 0.490 e. The van der Waals surface area contributed by atoms with Crippen LogP contribution in [0.15, 0.2) is 48.5 Å². The van der Waals surface area contributed by atoms with Crippen LogP contribution in [0.25, 0.3) is 0 Å². The molecular formula is C17H18N3OS. The molecule has 0 amide bonds. The van der Waals surface area contributed by atoms with Gasteiger partial charge in [-0.2, -0.15) is 0 Å². The highest BCUT2D eigenvalue weighted by Gasteiger charge is 2.20. The van der Waals surface area contributed by atoms with Crippen LogP contribution in [0.4, 0.5) is 11.4 Å². The predicted octanol–water partition coefficient (Wildman–Crippen LogP) is 3.19. The molecule has 4 nitrogen and oxygen atoms in total. The Kier molecular flexibility index (Phi) is 4.56. The van der Waals surface area contributed by atoms with Gasteiger partial charge in [0, 0.05) is 12.6 Å². The second-order valence-electron chi connectivity index (χ2n) is 5.27. The van der Waals surface area contributed by atoms with Crippen molar-refractivity contribution in [2.45, 2.75) is 19.5 Å². The van der Waals surface area contributed by atoms with Crippen LogP contribution in [-0.2, 0) is 6.54 Å². The van der Waals surface area contributed by atoms with Gasteiger partial charge in [-0.3, -0.25) is 0 Å². The lowest BCUT2D eigenvalue weighted by Gasteiger charge is -2.16. The maximum Gasteiger partial charge on any atom is 0.198 e. The standard InChI is InChI=1S/C17H18N3OS/c1-12(18-10-13-6-3-2-4-7-13)11-21-15-9-5-8-14-16(15)20-17(22)19-14/h2-9,12,18H,10-11H2,1H3,(H,19,22). The Morgan fingerprint density at radius 1 is 1.18 bits per heavy atom. The molecule has 0 spiro atoms. The number of nitrogens with zero attached hydrogens (tertiary/aromatic N) is 1. The number of nitrogens with one attached hydrogen (secondary N) is 2. The smallest absolute Gasteiger partial charge is 0.198 e. The fourth-order valence-electron chi connectivity index (χ4n) is 2.26. The van der Waals surface area contributed by atoms with Gasteiger partial charge in [0.1, 0.15) is 18.0 Å². The zero-order valence-corrected chi connectivity index (χ0v) is 13.2. The molecule has 0 saturated heterocycles. The average molecular weight is 312 g/mol. The molecule has 1 aliphatic rings. The highest BCUT2D eigenvalue weighted by atomic mass is 32.1. The van der Waals surface area contributed by atoms with Crippen molar-refractivity contribution in [1.82, 2.24) is 10.6 Å². The molecule has 0 bridgehead atoms. The summed E-state index contributed by atoms with van der Waals surface area (Å²) >= 11 is 5.07. The van der Waals surface area contributed by atoms with Crippen LogP contribution in [0.2, 0.25) is 0 Å². The molecule has 22 heavy (non-hydrogen) atoms. The maximum absolute atomic E-state index is 5.89. The van der Waals surface area contributed by atoms with Crippen molar-refractivity contribution in [3.63, 3.8) is 0 Å². The van der Waals surface area contributed by atoms with Crippen molar-refractivity contribution in [2.75, 3.05) is 11.9 Å². The Labute approximate surface area is 135 Å². The van der Waals surface area contributed by atoms with Crippen LogP contribution in [0.1, 0.15) is 12.5 Å². The number of rotatable bonds is 6. The molecule has 0 saturated carbocycles. The first-order valence-corrected chi connectivity index (χ1v) is 7.69. The number of ether oxygens (including phenoxy) is 1. The van der Waals surface area contributed by atoms with Crippen LogP contribution in [0.3, 0.4) is 0 Å². The molecule has 1 unspecified atom stereocenters. The van der Waals surface area contributed by atoms with Gasteiger partial charge >= 0.3 is 0 Å². The summed E-state index contributed by atoms with van der Waals surface area (Å²) in [4.78, 5) is 0. The van der Waals surface area contributed by atoms with E-state index in [2.05, 4.69) is 35.0 Å². The molecule has 1 atom stereocenters. The van der Waals surface area contributed by atoms with E-state index < -0.39 is 0 Å². The minimum absolute atomic E-state index is 0.234. The molecule has 5 heteroatoms. The first kappa shape index (κ1) is 14.8. The van der Waals surface area contributed by atoms with E-state index in [0.29, 0.717) is 11.7 Å². The molecule has 0 aromatic heterocycles. The van der Waals surface area contributed by atoms with E-state index in [1.807, 2.05) is 36.4 Å². The molecule has 0 fully saturated rings. The van der Waals surface area contributed by atoms with E-state index in [1.165, 1.54) is 5.56 Å². The Balaban J connectivity index is 1.53. The van der Waals surface area contributed by atoms with Gasteiger partial charge in [0.05, 0.1) is 5.69 Å². The average Bonchev–Trinajstić information content (AvgIpc) is 2.92. The molecule has 2 aromatic rings. The highest BCUT2D eigenvalue weighted by Crippen LogP contribution is 2.36. The second kappa shape index (κ2) is 6.77. The molecule has 2 aromatic carbocycles. The van der Waals surface area contributed by atoms with E-state index in [0.717, 1.165) is 23.7 Å². The van der Waals surface area contributed by atoms with Crippen molar-refractivity contribution in [3.05, 3.63) is 54.1 Å². The van der Waals surface area contributed by atoms with Gasteiger partial charge in [-0.05, 0) is 36.8 Å². The van der Waals surface area contributed by atoms with Crippen LogP contribution in [0.5, 0.6) is 5.75 Å². The van der Waals surface area contributed by atoms with E-state index in [1.54, 1.807) is 0 Å². The summed E-state index contributed by atoms with van der Waals surface area (Å²) in [6.45, 7) is 3.51. The summed E-state index contributed by atoms with van der Waals surface area (Å²) in [5.74, 6) is 0.762. The lowest BCUT2D eigenvalue weighted by molar-refractivity contribution is 0.273. The summed E-state index contributed by atoms with van der Waals surface area (Å²) in [5.41, 5.74) is 2.97. The Bertz CT molecular complexity index is 660. The van der Waals surface area contributed by atoms with E-state index in [9.17, 15) is 0 Å². The van der Waals surface area contributed by atoms with Crippen molar-refractivity contribution in [2.24, 2.45) is 0 Å². The monoisotopic (exact) mass is 312 g/mol. The van der Waals surface area contributed by atoms with Gasteiger partial charge in [-0.25, -0.2) is 5.32 Å². The van der Waals surface area contributed by atoms with Crippen molar-refractivity contribution in [3.8, 4) is 5.75 Å². The van der Waals surface area contributed by atoms with Crippen LogP contribution >= 0.6 is 12.2 Å². The summed E-state index contributed by atoms with van der Waals surface area (Å²) in [7, 11) is 0. The summed E-state index contributed by atoms with van der Waals surface area (Å²) in [6, 6.07) is 16.4. The van der Waals surface area contributed by atoms with Gasteiger partial charge in [-0.1, -0.05) is 36.4 Å². The lowest BCUT2D eigenvalue weighted by Crippen LogP contribution is -2.31. The molecule has 2 N–H and O–H groups in total. The van der Waals surface area contributed by atoms with Gasteiger partial charge in [-0.15, -0.1) is 0 Å². The zero-order chi connectivity index (χ0) is 15.4. The molecular weight excluding hydrogens is 294 g/mol. The molecule has 0 aliphatic carbocycles. The lowest BCUT2D eigenvalue weighted by atomic mass is 10.2. The molecule has 1 radical (unpaired) electrons. The number of thiocarbonyl (C=S) groups is 1. The van der Waals surface area contributed by atoms with E-state index in [4.69, 9.17) is 17.0 Å². The first-order chi connectivity index (χ1) is 10.7. The van der Waals surface area contributed by atoms with Crippen molar-refractivity contribution in [1.29, 1.82) is 0 Å². The number of para-hydroxylation sites is 1. The van der Waals surface area contributed by atoms with Crippen LogP contribution in [0, 0.1) is 0 Å². The maximum atomic E-state index is 5.89. The topological polar surface area (TPSA) is 47.4 Å². The fraction of sp³-hybridized carbons (Fsp3) is 0.235. The number of hydrogen-bond donors (Lipinski definition) is 2. The SMILES string of the molecule is CC(COc1cccc2c1[N]C(=S)N2)NCc1ccccc1. The molecule has 3 rings (SSSR count). The third-order valence-electron chi connectivity index (χ3n) is 3.44. The Morgan fingerprint density at radius 3 is 2.82 bits per heavy atom. The quantitative estimate of drug-likeness (QED) is 0.804. The minimum Gasteiger partial charge on any atom is -0.490 e. The third kappa shape index (κ3) is 3.55. The predicted molar refractivity (Wildman–Crippen MR) is 92.7 cm³/mol. The number of hydrogen-bond acceptors (Lipinski definition) is 3. The number of fused-ring (bicyclic) bond motifs is 1. The van der Waals surface area contributed by atoms with Gasteiger partial charge in [0.25, 0.3) is 0 Å². The van der Waals surface area contributed by atoms with Crippen LogP contribution < -0.4 is 20.7 Å². The minimum atomic E-state index is 0.234. The van der Waals surface area contributed by atoms with Crippen molar-refractivity contribution >= 4 is 28.7 Å². The van der Waals surface area contributed by atoms with E-state index >= 15 is 0 Å². The third-order valence-corrected chi connectivity index (χ3v) is 3.63. The number of anilines is 1. The molecule has 1 aliphatic heterocycles. The molecule has 113 valence electrons. The first-order valence-electron chi connectivity index (χ1n) is 7.28. The second-order valence-corrected chi connectivity index (χ2v) is 5.66. The van der Waals surface area contributed by atoms with Gasteiger partial charge < -0.3 is 15.4 Å². The Morgan fingerprint density at radius 2 is 2.00 bits per heavy atom. The summed E-state index contributed by atoms with van der Waals surface area (Å²) in [6.07, 6.45) is 0. The highest BCUT2D eigenvalue weighted by molar-refractivity contribution is 7.80. The number of benzene rings is 2. The van der Waals surface area contributed by atoms with Gasteiger partial charge in [0.15, 0.2) is 5.11 Å². The van der Waals surface area contributed by atoms with Gasteiger partial charge in [0.2, 0.25) is 0 Å². The van der Waals surface area contributed by atoms with E-state index in [-0.39, 0.29) is 6.04 Å².